The molecular weight excluding hydrogens is 542 g/mol. The van der Waals surface area contributed by atoms with E-state index in [1.54, 1.807) is 25.1 Å². The molecule has 4 heterocycles. The Morgan fingerprint density at radius 1 is 1.32 bits per heavy atom. The molecule has 1 saturated heterocycles. The number of halogens is 3. The number of anilines is 2. The Balaban J connectivity index is 1.47. The smallest absolute Gasteiger partial charge is 0.310 e. The van der Waals surface area contributed by atoms with Crippen molar-refractivity contribution in [3.8, 4) is 11.5 Å². The summed E-state index contributed by atoms with van der Waals surface area (Å²) in [5.74, 6) is -1.34. The van der Waals surface area contributed by atoms with Crippen LogP contribution >= 0.6 is 11.6 Å². The number of likely N-dealkylation sites (tertiary alicyclic amines) is 1. The molecule has 0 amide bonds. The van der Waals surface area contributed by atoms with Crippen molar-refractivity contribution in [1.82, 2.24) is 25.1 Å². The van der Waals surface area contributed by atoms with Crippen LogP contribution in [-0.4, -0.2) is 48.7 Å². The molecule has 40 heavy (non-hydrogen) atoms. The first kappa shape index (κ1) is 27.7. The van der Waals surface area contributed by atoms with Gasteiger partial charge in [0.05, 0.1) is 27.9 Å². The van der Waals surface area contributed by atoms with E-state index in [2.05, 4.69) is 25.5 Å². The molecular formula is C28H29ClF2N6O3. The molecule has 0 spiro atoms. The number of aliphatic carboxylic acids is 1. The first-order valence-electron chi connectivity index (χ1n) is 12.9. The third kappa shape index (κ3) is 5.31. The molecule has 0 radical (unpaired) electrons. The number of piperidine rings is 1. The highest BCUT2D eigenvalue weighted by molar-refractivity contribution is 6.30. The average Bonchev–Trinajstić information content (AvgIpc) is 3.58. The van der Waals surface area contributed by atoms with E-state index in [0.29, 0.717) is 29.3 Å². The Labute approximate surface area is 234 Å². The molecule has 2 atom stereocenters. The fourth-order valence-corrected chi connectivity index (χ4v) is 5.58. The number of nitrogens with one attached hydrogen (secondary N) is 2. The van der Waals surface area contributed by atoms with E-state index in [4.69, 9.17) is 16.0 Å². The van der Waals surface area contributed by atoms with Gasteiger partial charge in [-0.1, -0.05) is 23.7 Å². The van der Waals surface area contributed by atoms with Gasteiger partial charge in [-0.05, 0) is 46.2 Å². The van der Waals surface area contributed by atoms with Crippen molar-refractivity contribution in [3.05, 3.63) is 75.9 Å². The number of hydrogen-bond acceptors (Lipinski definition) is 7. The number of pyridine rings is 1. The van der Waals surface area contributed by atoms with Crippen LogP contribution in [-0.2, 0) is 17.8 Å². The fourth-order valence-electron chi connectivity index (χ4n) is 5.39. The predicted molar refractivity (Wildman–Crippen MR) is 145 cm³/mol. The number of hydrogen-bond donors (Lipinski definition) is 3. The third-order valence-corrected chi connectivity index (χ3v) is 7.89. The van der Waals surface area contributed by atoms with Gasteiger partial charge in [0.25, 0.3) is 0 Å². The van der Waals surface area contributed by atoms with E-state index in [-0.39, 0.29) is 54.0 Å². The van der Waals surface area contributed by atoms with Gasteiger partial charge in [0, 0.05) is 41.9 Å². The number of carboxylic acids is 1. The van der Waals surface area contributed by atoms with Gasteiger partial charge in [0.2, 0.25) is 5.89 Å². The number of carboxylic acid groups (broad SMARTS) is 1. The van der Waals surface area contributed by atoms with Crippen LogP contribution in [0.4, 0.5) is 20.4 Å². The number of oxazole rings is 1. The van der Waals surface area contributed by atoms with E-state index in [1.807, 2.05) is 18.7 Å². The monoisotopic (exact) mass is 570 g/mol. The number of nitrogens with zero attached hydrogens (tertiary/aromatic N) is 4. The molecule has 1 aliphatic rings. The Kier molecular flexibility index (Phi) is 7.61. The van der Waals surface area contributed by atoms with Crippen LogP contribution < -0.4 is 5.32 Å². The molecule has 1 aromatic carbocycles. The van der Waals surface area contributed by atoms with Crippen LogP contribution in [0.2, 0.25) is 5.02 Å². The average molecular weight is 571 g/mol. The van der Waals surface area contributed by atoms with Crippen LogP contribution in [0, 0.1) is 30.9 Å². The zero-order chi connectivity index (χ0) is 28.6. The van der Waals surface area contributed by atoms with Gasteiger partial charge in [-0.25, -0.2) is 18.7 Å². The Bertz CT molecular complexity index is 1540. The molecule has 0 aliphatic carbocycles. The molecule has 4 aromatic rings. The highest BCUT2D eigenvalue weighted by Crippen LogP contribution is 2.41. The molecule has 210 valence electrons. The fraction of sp³-hybridized carbons (Fsp3) is 0.357. The second-order valence-corrected chi connectivity index (χ2v) is 10.8. The molecule has 0 bridgehead atoms. The second-order valence-electron chi connectivity index (χ2n) is 10.4. The molecule has 0 saturated carbocycles. The van der Waals surface area contributed by atoms with Crippen molar-refractivity contribution in [2.75, 3.05) is 11.9 Å². The lowest BCUT2D eigenvalue weighted by Gasteiger charge is -2.43. The van der Waals surface area contributed by atoms with E-state index >= 15 is 4.39 Å². The topological polar surface area (TPSA) is 120 Å². The van der Waals surface area contributed by atoms with Crippen molar-refractivity contribution in [2.45, 2.75) is 52.6 Å². The standard InChI is InChI=1S/C28H29ClF2N6O3/c1-15-11-21(36-35-15)34-25-17(3)22(26-32-8-10-40-26)24(31)20(33-25)13-28(27(38)39)7-9-37(16(2)12-28)14-18-5-4-6-19(29)23(18)30/h4-6,8,10-11,16H,7,9,12-14H2,1-3H3,(H,38,39)(H2,33,34,35,36)/t16-,28-/m1/s1. The number of carbonyl (C=O) groups is 1. The number of rotatable bonds is 8. The minimum atomic E-state index is -1.29. The predicted octanol–water partition coefficient (Wildman–Crippen LogP) is 6.05. The number of aryl methyl sites for hydroxylation is 1. The first-order chi connectivity index (χ1) is 19.1. The van der Waals surface area contributed by atoms with Crippen LogP contribution in [0.5, 0.6) is 0 Å². The van der Waals surface area contributed by atoms with Gasteiger partial charge < -0.3 is 14.8 Å². The van der Waals surface area contributed by atoms with E-state index < -0.39 is 23.0 Å². The van der Waals surface area contributed by atoms with E-state index in [1.165, 1.54) is 18.5 Å². The summed E-state index contributed by atoms with van der Waals surface area (Å²) in [6.07, 6.45) is 3.05. The summed E-state index contributed by atoms with van der Waals surface area (Å²) in [6.45, 7) is 6.08. The van der Waals surface area contributed by atoms with Crippen molar-refractivity contribution in [3.63, 3.8) is 0 Å². The summed E-state index contributed by atoms with van der Waals surface area (Å²) >= 11 is 5.95. The molecule has 5 rings (SSSR count). The maximum absolute atomic E-state index is 16.1. The third-order valence-electron chi connectivity index (χ3n) is 7.60. The van der Waals surface area contributed by atoms with Crippen LogP contribution in [0.1, 0.15) is 42.3 Å². The van der Waals surface area contributed by atoms with Crippen molar-refractivity contribution >= 4 is 29.2 Å². The van der Waals surface area contributed by atoms with Crippen molar-refractivity contribution in [1.29, 1.82) is 0 Å². The Morgan fingerprint density at radius 2 is 2.12 bits per heavy atom. The molecule has 12 heteroatoms. The van der Waals surface area contributed by atoms with E-state index in [0.717, 1.165) is 5.69 Å². The quantitative estimate of drug-likeness (QED) is 0.234. The van der Waals surface area contributed by atoms with Gasteiger partial charge in [-0.3, -0.25) is 14.8 Å². The number of benzene rings is 1. The molecule has 0 unspecified atom stereocenters. The lowest BCUT2D eigenvalue weighted by atomic mass is 9.72. The highest BCUT2D eigenvalue weighted by Gasteiger charge is 2.45. The minimum Gasteiger partial charge on any atom is -0.481 e. The lowest BCUT2D eigenvalue weighted by Crippen LogP contribution is -2.50. The molecule has 1 fully saturated rings. The van der Waals surface area contributed by atoms with Crippen LogP contribution in [0.25, 0.3) is 11.5 Å². The number of aromatic amines is 1. The van der Waals surface area contributed by atoms with Gasteiger partial charge in [0.1, 0.15) is 17.9 Å². The number of H-pyrrole nitrogens is 1. The van der Waals surface area contributed by atoms with Crippen molar-refractivity contribution < 1.29 is 23.1 Å². The summed E-state index contributed by atoms with van der Waals surface area (Å²) in [5.41, 5.74) is 0.497. The van der Waals surface area contributed by atoms with Crippen LogP contribution in [0.3, 0.4) is 0 Å². The second kappa shape index (κ2) is 11.0. The molecule has 3 aromatic heterocycles. The number of aromatic nitrogens is 4. The maximum Gasteiger partial charge on any atom is 0.310 e. The minimum absolute atomic E-state index is 0.0162. The van der Waals surface area contributed by atoms with Gasteiger partial charge >= 0.3 is 5.97 Å². The maximum atomic E-state index is 16.1. The van der Waals surface area contributed by atoms with Crippen molar-refractivity contribution in [2.24, 2.45) is 5.41 Å². The van der Waals surface area contributed by atoms with E-state index in [9.17, 15) is 14.3 Å². The zero-order valence-electron chi connectivity index (χ0n) is 22.3. The molecule has 1 aliphatic heterocycles. The van der Waals surface area contributed by atoms with Gasteiger partial charge in [-0.15, -0.1) is 0 Å². The summed E-state index contributed by atoms with van der Waals surface area (Å²) in [4.78, 5) is 23.4. The largest absolute Gasteiger partial charge is 0.481 e. The summed E-state index contributed by atoms with van der Waals surface area (Å²) < 4.78 is 36.1. The molecule has 3 N–H and O–H groups in total. The normalized spacial score (nSPS) is 19.6. The lowest BCUT2D eigenvalue weighted by molar-refractivity contribution is -0.153. The SMILES string of the molecule is Cc1cc(Nc2nc(C[C@@]3(C(=O)O)CCN(Cc4cccc(Cl)c4F)[C@H](C)C3)c(F)c(-c3ncco3)c2C)n[nH]1. The Morgan fingerprint density at radius 3 is 2.77 bits per heavy atom. The highest BCUT2D eigenvalue weighted by atomic mass is 35.5. The van der Waals surface area contributed by atoms with Crippen LogP contribution in [0.15, 0.2) is 41.1 Å². The van der Waals surface area contributed by atoms with Gasteiger partial charge in [-0.2, -0.15) is 5.10 Å². The summed E-state index contributed by atoms with van der Waals surface area (Å²) in [7, 11) is 0. The zero-order valence-corrected chi connectivity index (χ0v) is 23.0. The summed E-state index contributed by atoms with van der Waals surface area (Å²) in [5, 5.41) is 20.6. The van der Waals surface area contributed by atoms with Gasteiger partial charge in [0.15, 0.2) is 11.6 Å². The molecule has 9 nitrogen and oxygen atoms in total. The summed E-state index contributed by atoms with van der Waals surface area (Å²) in [6, 6.07) is 6.38. The Hall–Kier alpha value is -3.83. The first-order valence-corrected chi connectivity index (χ1v) is 13.2.